The van der Waals surface area contributed by atoms with Crippen LogP contribution in [0.1, 0.15) is 259 Å². The minimum absolute atomic E-state index is 0.0774. The van der Waals surface area contributed by atoms with E-state index < -0.39 is 0 Å². The van der Waals surface area contributed by atoms with Crippen molar-refractivity contribution in [2.45, 2.75) is 271 Å². The first-order valence-electron chi connectivity index (χ1n) is 26.1. The van der Waals surface area contributed by atoms with Crippen molar-refractivity contribution < 1.29 is 19.1 Å². The Morgan fingerprint density at radius 2 is 0.690 bits per heavy atom. The number of ether oxygens (including phenoxy) is 2. The van der Waals surface area contributed by atoms with Crippen LogP contribution in [-0.4, -0.2) is 74.2 Å². The lowest BCUT2D eigenvalue weighted by molar-refractivity contribution is -0.150. The average molecular weight is 819 g/mol. The van der Waals surface area contributed by atoms with Gasteiger partial charge in [0.25, 0.3) is 0 Å². The Kier molecular flexibility index (Phi) is 37.8. The van der Waals surface area contributed by atoms with Crippen LogP contribution < -0.4 is 0 Å². The first-order chi connectivity index (χ1) is 28.4. The van der Waals surface area contributed by atoms with E-state index in [9.17, 15) is 9.59 Å². The number of nitrogens with zero attached hydrogens (tertiary/aromatic N) is 2. The molecule has 0 aromatic rings. The molecule has 0 radical (unpaired) electrons. The highest BCUT2D eigenvalue weighted by molar-refractivity contribution is 5.72. The van der Waals surface area contributed by atoms with E-state index >= 15 is 0 Å². The standard InChI is InChI=1S/C52H102N2O4/c1-7-11-15-19-21-29-39-47(37-27-17-13-9-3)51(55)57-45-35-25-23-33-43-53(5)49-41-31-32-42-50(49)54(6)44-34-24-26-36-46-58-52(56)48(38-28-18-14-10-4)40-30-22-20-16-12-8-2/h47-50H,7-46H2,1-6H3/t47?,48?,49-,50-/m1/s1. The second-order valence-electron chi connectivity index (χ2n) is 18.7. The molecule has 6 heteroatoms. The Labute approximate surface area is 362 Å². The van der Waals surface area contributed by atoms with Crippen LogP contribution in [0.15, 0.2) is 0 Å². The summed E-state index contributed by atoms with van der Waals surface area (Å²) in [6, 6.07) is 1.29. The molecule has 344 valence electrons. The van der Waals surface area contributed by atoms with Crippen LogP contribution in [0.4, 0.5) is 0 Å². The van der Waals surface area contributed by atoms with E-state index in [0.717, 1.165) is 77.3 Å². The number of carbonyl (C=O) groups is 2. The molecule has 1 aliphatic carbocycles. The van der Waals surface area contributed by atoms with Crippen molar-refractivity contribution in [2.75, 3.05) is 40.4 Å². The highest BCUT2D eigenvalue weighted by Gasteiger charge is 2.30. The molecule has 0 N–H and O–H groups in total. The van der Waals surface area contributed by atoms with Gasteiger partial charge in [0.05, 0.1) is 25.0 Å². The molecule has 0 aliphatic heterocycles. The summed E-state index contributed by atoms with van der Waals surface area (Å²) in [5.41, 5.74) is 0. The molecule has 6 nitrogen and oxygen atoms in total. The molecule has 2 unspecified atom stereocenters. The Hall–Kier alpha value is -1.14. The second kappa shape index (κ2) is 40.0. The van der Waals surface area contributed by atoms with Gasteiger partial charge in [-0.05, 0) is 91.4 Å². The maximum atomic E-state index is 13.0. The Balaban J connectivity index is 2.30. The monoisotopic (exact) mass is 819 g/mol. The van der Waals surface area contributed by atoms with E-state index in [4.69, 9.17) is 9.47 Å². The zero-order valence-electron chi connectivity index (χ0n) is 40.1. The minimum atomic E-state index is 0.0774. The smallest absolute Gasteiger partial charge is 0.308 e. The third kappa shape index (κ3) is 29.2. The summed E-state index contributed by atoms with van der Waals surface area (Å²) in [5.74, 6) is 0.371. The van der Waals surface area contributed by atoms with Gasteiger partial charge in [-0.25, -0.2) is 0 Å². The van der Waals surface area contributed by atoms with Gasteiger partial charge in [0.2, 0.25) is 0 Å². The van der Waals surface area contributed by atoms with Gasteiger partial charge >= 0.3 is 11.9 Å². The number of likely N-dealkylation sites (N-methyl/N-ethyl adjacent to an activating group) is 2. The first kappa shape index (κ1) is 54.9. The molecule has 0 bridgehead atoms. The fourth-order valence-corrected chi connectivity index (χ4v) is 9.40. The molecular weight excluding hydrogens is 717 g/mol. The van der Waals surface area contributed by atoms with Crippen LogP contribution in [0, 0.1) is 11.8 Å². The summed E-state index contributed by atoms with van der Waals surface area (Å²) in [6.45, 7) is 12.5. The molecule has 0 amide bonds. The molecule has 0 heterocycles. The first-order valence-corrected chi connectivity index (χ1v) is 26.1. The zero-order chi connectivity index (χ0) is 42.3. The number of rotatable bonds is 42. The van der Waals surface area contributed by atoms with Gasteiger partial charge in [-0.1, -0.05) is 195 Å². The highest BCUT2D eigenvalue weighted by Crippen LogP contribution is 2.27. The second-order valence-corrected chi connectivity index (χ2v) is 18.7. The van der Waals surface area contributed by atoms with Crippen LogP contribution in [0.25, 0.3) is 0 Å². The van der Waals surface area contributed by atoms with Gasteiger partial charge in [-0.3, -0.25) is 9.59 Å². The largest absolute Gasteiger partial charge is 0.465 e. The maximum absolute atomic E-state index is 13.0. The lowest BCUT2D eigenvalue weighted by Gasteiger charge is -2.42. The number of esters is 2. The van der Waals surface area contributed by atoms with Crippen molar-refractivity contribution >= 4 is 11.9 Å². The summed E-state index contributed by atoms with van der Waals surface area (Å²) < 4.78 is 11.7. The zero-order valence-corrected chi connectivity index (χ0v) is 40.1. The van der Waals surface area contributed by atoms with Crippen molar-refractivity contribution in [1.29, 1.82) is 0 Å². The van der Waals surface area contributed by atoms with Crippen molar-refractivity contribution in [3.05, 3.63) is 0 Å². The molecule has 1 aliphatic rings. The molecule has 4 atom stereocenters. The topological polar surface area (TPSA) is 59.1 Å². The van der Waals surface area contributed by atoms with Gasteiger partial charge in [-0.15, -0.1) is 0 Å². The maximum Gasteiger partial charge on any atom is 0.308 e. The molecule has 1 fully saturated rings. The van der Waals surface area contributed by atoms with Gasteiger partial charge in [-0.2, -0.15) is 0 Å². The van der Waals surface area contributed by atoms with Crippen LogP contribution >= 0.6 is 0 Å². The third-order valence-electron chi connectivity index (χ3n) is 13.4. The predicted octanol–water partition coefficient (Wildman–Crippen LogP) is 15.0. The summed E-state index contributed by atoms with van der Waals surface area (Å²) in [7, 11) is 4.71. The molecule has 0 spiro atoms. The van der Waals surface area contributed by atoms with E-state index in [1.165, 1.54) is 167 Å². The lowest BCUT2D eigenvalue weighted by atomic mass is 9.88. The van der Waals surface area contributed by atoms with E-state index in [-0.39, 0.29) is 23.8 Å². The summed E-state index contributed by atoms with van der Waals surface area (Å²) >= 11 is 0. The van der Waals surface area contributed by atoms with Crippen LogP contribution in [0.3, 0.4) is 0 Å². The van der Waals surface area contributed by atoms with Crippen molar-refractivity contribution in [3.8, 4) is 0 Å². The quantitative estimate of drug-likeness (QED) is 0.0452. The summed E-state index contributed by atoms with van der Waals surface area (Å²) in [6.07, 6.45) is 43.7. The van der Waals surface area contributed by atoms with Crippen molar-refractivity contribution in [3.63, 3.8) is 0 Å². The van der Waals surface area contributed by atoms with Crippen LogP contribution in [0.2, 0.25) is 0 Å². The van der Waals surface area contributed by atoms with E-state index in [2.05, 4.69) is 51.6 Å². The number of unbranched alkanes of at least 4 members (excludes halogenated alkanes) is 22. The van der Waals surface area contributed by atoms with E-state index in [1.807, 2.05) is 0 Å². The fourth-order valence-electron chi connectivity index (χ4n) is 9.40. The molecule has 0 aromatic heterocycles. The van der Waals surface area contributed by atoms with Crippen LogP contribution in [0.5, 0.6) is 0 Å². The Morgan fingerprint density at radius 3 is 1.03 bits per heavy atom. The van der Waals surface area contributed by atoms with Gasteiger partial charge < -0.3 is 19.3 Å². The SMILES string of the molecule is CCCCCCCCC(CCCCCC)C(=O)OCCCCCCN(C)[C@@H]1CCCC[C@H]1N(C)CCCCCCOC(=O)C(CCCCCC)CCCCCCCC. The molecule has 1 saturated carbocycles. The van der Waals surface area contributed by atoms with Crippen molar-refractivity contribution in [2.24, 2.45) is 11.8 Å². The number of carbonyl (C=O) groups excluding carboxylic acids is 2. The van der Waals surface area contributed by atoms with E-state index in [0.29, 0.717) is 25.3 Å². The van der Waals surface area contributed by atoms with Crippen LogP contribution in [-0.2, 0) is 19.1 Å². The van der Waals surface area contributed by atoms with Gasteiger partial charge in [0.15, 0.2) is 0 Å². The fraction of sp³-hybridized carbons (Fsp3) is 0.962. The third-order valence-corrected chi connectivity index (χ3v) is 13.4. The normalized spacial score (nSPS) is 16.9. The summed E-state index contributed by atoms with van der Waals surface area (Å²) in [5, 5.41) is 0. The predicted molar refractivity (Wildman–Crippen MR) is 251 cm³/mol. The average Bonchev–Trinajstić information content (AvgIpc) is 3.23. The number of hydrogen-bond donors (Lipinski definition) is 0. The van der Waals surface area contributed by atoms with Crippen molar-refractivity contribution in [1.82, 2.24) is 9.80 Å². The highest BCUT2D eigenvalue weighted by atomic mass is 16.5. The Morgan fingerprint density at radius 1 is 0.414 bits per heavy atom. The van der Waals surface area contributed by atoms with E-state index in [1.54, 1.807) is 0 Å². The molecule has 0 saturated heterocycles. The molecule has 58 heavy (non-hydrogen) atoms. The van der Waals surface area contributed by atoms with Gasteiger partial charge in [0.1, 0.15) is 0 Å². The summed E-state index contributed by atoms with van der Waals surface area (Å²) in [4.78, 5) is 31.4. The Bertz CT molecular complexity index is 842. The minimum Gasteiger partial charge on any atom is -0.465 e. The molecule has 1 rings (SSSR count). The molecule has 0 aromatic carbocycles. The lowest BCUT2D eigenvalue weighted by Crippen LogP contribution is -2.51. The van der Waals surface area contributed by atoms with Gasteiger partial charge in [0, 0.05) is 12.1 Å². The molecular formula is C52H102N2O4. The number of hydrogen-bond acceptors (Lipinski definition) is 6.